The number of anilines is 1. The number of halogens is 3. The molecule has 13 heteroatoms. The quantitative estimate of drug-likeness (QED) is 0.113. The summed E-state index contributed by atoms with van der Waals surface area (Å²) >= 11 is 2.98. The summed E-state index contributed by atoms with van der Waals surface area (Å²) in [7, 11) is -1.73. The Morgan fingerprint density at radius 1 is 0.977 bits per heavy atom. The first kappa shape index (κ1) is 31.6. The van der Waals surface area contributed by atoms with Crippen LogP contribution in [0, 0.1) is 28.7 Å². The van der Waals surface area contributed by atoms with Crippen molar-refractivity contribution in [3.8, 4) is 5.75 Å². The van der Waals surface area contributed by atoms with Gasteiger partial charge >= 0.3 is 0 Å². The lowest BCUT2D eigenvalue weighted by Gasteiger charge is -2.32. The van der Waals surface area contributed by atoms with Gasteiger partial charge in [-0.3, -0.25) is 14.9 Å². The van der Waals surface area contributed by atoms with Crippen LogP contribution in [0.4, 0.5) is 20.2 Å². The van der Waals surface area contributed by atoms with Crippen molar-refractivity contribution in [2.45, 2.75) is 23.8 Å². The van der Waals surface area contributed by atoms with E-state index < -0.39 is 44.4 Å². The molecule has 2 atom stereocenters. The van der Waals surface area contributed by atoms with Crippen LogP contribution in [0.5, 0.6) is 5.75 Å². The highest BCUT2D eigenvalue weighted by molar-refractivity contribution is 9.10. The van der Waals surface area contributed by atoms with Crippen molar-refractivity contribution in [2.24, 2.45) is 0 Å². The normalized spacial score (nSPS) is 12.7. The largest absolute Gasteiger partial charge is 0.497 e. The number of non-ortho nitro benzene ring substituents is 1. The molecule has 43 heavy (non-hydrogen) atoms. The SMILES string of the molecule is COc1ccc([C@@H](C(=O)N(C)S(=O)(=O)c2ccc(C)cc2)[C@H](Nc2cc(F)c(F)c(Br)c2)c2ccc([N+](=O)[O-])cc2)cc1. The molecule has 0 aromatic heterocycles. The zero-order valence-electron chi connectivity index (χ0n) is 23.1. The van der Waals surface area contributed by atoms with Crippen molar-refractivity contribution in [1.82, 2.24) is 4.31 Å². The molecule has 0 aliphatic carbocycles. The van der Waals surface area contributed by atoms with Crippen LogP contribution in [0.25, 0.3) is 0 Å². The summed E-state index contributed by atoms with van der Waals surface area (Å²) in [6.07, 6.45) is 0. The summed E-state index contributed by atoms with van der Waals surface area (Å²) in [6.45, 7) is 1.79. The second kappa shape index (κ2) is 12.9. The van der Waals surface area contributed by atoms with E-state index in [4.69, 9.17) is 4.74 Å². The number of aryl methyl sites for hydroxylation is 1. The van der Waals surface area contributed by atoms with Crippen molar-refractivity contribution in [3.63, 3.8) is 0 Å². The van der Waals surface area contributed by atoms with Crippen LogP contribution in [0.3, 0.4) is 0 Å². The Hall–Kier alpha value is -4.36. The number of amides is 1. The molecule has 4 aromatic carbocycles. The van der Waals surface area contributed by atoms with Gasteiger partial charge < -0.3 is 10.1 Å². The van der Waals surface area contributed by atoms with Gasteiger partial charge in [-0.25, -0.2) is 21.5 Å². The number of sulfonamides is 1. The molecule has 0 unspecified atom stereocenters. The molecule has 1 amide bonds. The molecule has 0 radical (unpaired) electrons. The van der Waals surface area contributed by atoms with Crippen molar-refractivity contribution >= 4 is 43.2 Å². The molecule has 9 nitrogen and oxygen atoms in total. The minimum Gasteiger partial charge on any atom is -0.497 e. The van der Waals surface area contributed by atoms with E-state index in [2.05, 4.69) is 21.2 Å². The number of hydrogen-bond donors (Lipinski definition) is 1. The van der Waals surface area contributed by atoms with Gasteiger partial charge in [0.05, 0.1) is 33.4 Å². The number of hydrogen-bond acceptors (Lipinski definition) is 7. The summed E-state index contributed by atoms with van der Waals surface area (Å²) in [5, 5.41) is 14.4. The Labute approximate surface area is 255 Å². The number of nitrogens with one attached hydrogen (secondary N) is 1. The molecule has 1 N–H and O–H groups in total. The second-order valence-electron chi connectivity index (χ2n) is 9.60. The summed E-state index contributed by atoms with van der Waals surface area (Å²) in [6, 6.07) is 18.6. The average Bonchev–Trinajstić information content (AvgIpc) is 2.99. The maximum Gasteiger partial charge on any atom is 0.269 e. The van der Waals surface area contributed by atoms with Crippen molar-refractivity contribution in [3.05, 3.63) is 128 Å². The Morgan fingerprint density at radius 3 is 2.09 bits per heavy atom. The fourth-order valence-electron chi connectivity index (χ4n) is 4.45. The third kappa shape index (κ3) is 6.83. The molecule has 0 heterocycles. The number of carbonyl (C=O) groups is 1. The lowest BCUT2D eigenvalue weighted by molar-refractivity contribution is -0.384. The predicted molar refractivity (Wildman–Crippen MR) is 160 cm³/mol. The van der Waals surface area contributed by atoms with E-state index >= 15 is 0 Å². The van der Waals surface area contributed by atoms with Gasteiger partial charge in [-0.15, -0.1) is 0 Å². The van der Waals surface area contributed by atoms with Crippen LogP contribution in [-0.4, -0.2) is 37.7 Å². The van der Waals surface area contributed by atoms with E-state index in [1.165, 1.54) is 49.6 Å². The molecule has 0 saturated heterocycles. The first-order valence-corrected chi connectivity index (χ1v) is 15.0. The molecule has 0 spiro atoms. The molecular formula is C30H26BrF2N3O6S. The minimum absolute atomic E-state index is 0.0597. The number of ether oxygens (including phenoxy) is 1. The Balaban J connectivity index is 1.90. The third-order valence-corrected chi connectivity index (χ3v) is 9.18. The number of likely N-dealkylation sites (N-methyl/N-ethyl adjacent to an activating group) is 1. The number of nitro groups is 1. The molecule has 0 bridgehead atoms. The van der Waals surface area contributed by atoms with Gasteiger partial charge in [0.15, 0.2) is 11.6 Å². The summed E-state index contributed by atoms with van der Waals surface area (Å²) in [4.78, 5) is 24.9. The van der Waals surface area contributed by atoms with Crippen LogP contribution >= 0.6 is 15.9 Å². The number of nitrogens with zero attached hydrogens (tertiary/aromatic N) is 2. The van der Waals surface area contributed by atoms with E-state index in [9.17, 15) is 32.1 Å². The molecule has 0 aliphatic rings. The molecule has 4 rings (SSSR count). The van der Waals surface area contributed by atoms with Gasteiger partial charge in [0, 0.05) is 30.9 Å². The van der Waals surface area contributed by atoms with E-state index in [0.717, 1.165) is 18.7 Å². The van der Waals surface area contributed by atoms with Crippen LogP contribution in [0.2, 0.25) is 0 Å². The van der Waals surface area contributed by atoms with Crippen molar-refractivity contribution < 1.29 is 31.7 Å². The lowest BCUT2D eigenvalue weighted by Crippen LogP contribution is -2.40. The summed E-state index contributed by atoms with van der Waals surface area (Å²) < 4.78 is 61.3. The van der Waals surface area contributed by atoms with E-state index in [0.29, 0.717) is 21.2 Å². The number of carbonyl (C=O) groups excluding carboxylic acids is 1. The Bertz CT molecular complexity index is 1730. The maximum absolute atomic E-state index is 14.4. The minimum atomic E-state index is -4.32. The average molecular weight is 675 g/mol. The first-order chi connectivity index (χ1) is 20.3. The smallest absolute Gasteiger partial charge is 0.269 e. The predicted octanol–water partition coefficient (Wildman–Crippen LogP) is 6.74. The number of methoxy groups -OCH3 is 1. The molecule has 224 valence electrons. The molecule has 0 fully saturated rings. The van der Waals surface area contributed by atoms with Gasteiger partial charge in [0.2, 0.25) is 5.91 Å². The van der Waals surface area contributed by atoms with E-state index in [1.807, 2.05) is 0 Å². The maximum atomic E-state index is 14.4. The zero-order chi connectivity index (χ0) is 31.5. The number of rotatable bonds is 10. The number of nitro benzene ring substituents is 1. The molecule has 4 aromatic rings. The van der Waals surface area contributed by atoms with E-state index in [1.54, 1.807) is 43.3 Å². The third-order valence-electron chi connectivity index (χ3n) is 6.83. The topological polar surface area (TPSA) is 119 Å². The van der Waals surface area contributed by atoms with Gasteiger partial charge in [0.25, 0.3) is 15.7 Å². The Kier molecular flexibility index (Phi) is 9.46. The van der Waals surface area contributed by atoms with Crippen LogP contribution in [0.1, 0.15) is 28.7 Å². The summed E-state index contributed by atoms with van der Waals surface area (Å²) in [5.41, 5.74) is 1.36. The van der Waals surface area contributed by atoms with E-state index in [-0.39, 0.29) is 20.7 Å². The molecular weight excluding hydrogens is 648 g/mol. The molecule has 0 saturated carbocycles. The highest BCUT2D eigenvalue weighted by Gasteiger charge is 2.38. The highest BCUT2D eigenvalue weighted by Crippen LogP contribution is 2.39. The second-order valence-corrected chi connectivity index (χ2v) is 12.4. The van der Waals surface area contributed by atoms with Crippen LogP contribution < -0.4 is 10.1 Å². The molecule has 0 aliphatic heterocycles. The van der Waals surface area contributed by atoms with Gasteiger partial charge in [0.1, 0.15) is 5.75 Å². The van der Waals surface area contributed by atoms with Crippen LogP contribution in [0.15, 0.2) is 94.3 Å². The van der Waals surface area contributed by atoms with Gasteiger partial charge in [-0.1, -0.05) is 42.0 Å². The monoisotopic (exact) mass is 673 g/mol. The Morgan fingerprint density at radius 2 is 1.56 bits per heavy atom. The summed E-state index contributed by atoms with van der Waals surface area (Å²) in [5.74, 6) is -3.97. The highest BCUT2D eigenvalue weighted by atomic mass is 79.9. The van der Waals surface area contributed by atoms with Gasteiger partial charge in [-0.05, 0) is 64.3 Å². The van der Waals surface area contributed by atoms with Crippen molar-refractivity contribution in [1.29, 1.82) is 0 Å². The standard InChI is InChI=1S/C30H26BrF2N3O6S/c1-18-4-14-24(15-5-18)43(40,41)35(2)30(37)27(19-8-12-23(42-3)13-9-19)29(20-6-10-22(11-7-20)36(38)39)34-21-16-25(31)28(33)26(32)17-21/h4-17,27,29,34H,1-3H3/t27-,29-/m1/s1. The first-order valence-electron chi connectivity index (χ1n) is 12.7. The van der Waals surface area contributed by atoms with Gasteiger partial charge in [-0.2, -0.15) is 0 Å². The lowest BCUT2D eigenvalue weighted by atomic mass is 9.85. The zero-order valence-corrected chi connectivity index (χ0v) is 25.5. The van der Waals surface area contributed by atoms with Crippen molar-refractivity contribution in [2.75, 3.05) is 19.5 Å². The fourth-order valence-corrected chi connectivity index (χ4v) is 6.04. The fraction of sp³-hybridized carbons (Fsp3) is 0.167. The number of benzene rings is 4. The van der Waals surface area contributed by atoms with Crippen LogP contribution in [-0.2, 0) is 14.8 Å².